The van der Waals surface area contributed by atoms with Crippen LogP contribution in [0.1, 0.15) is 34.9 Å². The van der Waals surface area contributed by atoms with Crippen LogP contribution < -0.4 is 15.4 Å². The summed E-state index contributed by atoms with van der Waals surface area (Å²) in [6.07, 6.45) is 5.02. The largest absolute Gasteiger partial charge is 0.493 e. The van der Waals surface area contributed by atoms with Crippen molar-refractivity contribution in [1.29, 1.82) is 0 Å². The monoisotopic (exact) mass is 395 g/mol. The summed E-state index contributed by atoms with van der Waals surface area (Å²) in [5.41, 5.74) is 3.51. The van der Waals surface area contributed by atoms with E-state index in [1.165, 1.54) is 16.9 Å². The maximum Gasteiger partial charge on any atom is 0.277 e. The molecule has 0 spiro atoms. The highest BCUT2D eigenvalue weighted by molar-refractivity contribution is 7.14. The first-order chi connectivity index (χ1) is 13.8. The minimum absolute atomic E-state index is 0.231. The lowest BCUT2D eigenvalue weighted by molar-refractivity contribution is 0.102. The molecule has 1 unspecified atom stereocenters. The van der Waals surface area contributed by atoms with Crippen LogP contribution in [0.5, 0.6) is 5.75 Å². The Morgan fingerprint density at radius 2 is 2.32 bits per heavy atom. The van der Waals surface area contributed by atoms with Gasteiger partial charge in [0.1, 0.15) is 5.75 Å². The smallest absolute Gasteiger partial charge is 0.277 e. The number of hydrogen-bond acceptors (Lipinski definition) is 6. The van der Waals surface area contributed by atoms with Crippen molar-refractivity contribution in [3.05, 3.63) is 47.1 Å². The van der Waals surface area contributed by atoms with Crippen LogP contribution in [-0.2, 0) is 6.42 Å². The van der Waals surface area contributed by atoms with E-state index in [2.05, 4.69) is 26.8 Å². The van der Waals surface area contributed by atoms with Gasteiger partial charge in [-0.05, 0) is 49.2 Å². The Kier molecular flexibility index (Phi) is 4.58. The van der Waals surface area contributed by atoms with Gasteiger partial charge in [-0.1, -0.05) is 0 Å². The van der Waals surface area contributed by atoms with E-state index < -0.39 is 0 Å². The summed E-state index contributed by atoms with van der Waals surface area (Å²) in [5.74, 6) is 0.724. The minimum Gasteiger partial charge on any atom is -0.493 e. The number of anilines is 1. The maximum atomic E-state index is 12.6. The maximum absolute atomic E-state index is 12.6. The van der Waals surface area contributed by atoms with Crippen molar-refractivity contribution in [2.75, 3.05) is 25.0 Å². The number of fused-ring (bicyclic) bond motifs is 1. The summed E-state index contributed by atoms with van der Waals surface area (Å²) in [6, 6.07) is 8.18. The molecule has 8 heteroatoms. The van der Waals surface area contributed by atoms with Crippen LogP contribution in [-0.4, -0.2) is 40.4 Å². The summed E-state index contributed by atoms with van der Waals surface area (Å²) in [5, 5.41) is 13.2. The lowest BCUT2D eigenvalue weighted by Gasteiger charge is -2.22. The number of piperidine rings is 1. The molecule has 3 aromatic rings. The van der Waals surface area contributed by atoms with E-state index in [1.54, 1.807) is 6.07 Å². The van der Waals surface area contributed by atoms with Gasteiger partial charge >= 0.3 is 0 Å². The van der Waals surface area contributed by atoms with Crippen molar-refractivity contribution in [2.45, 2.75) is 25.3 Å². The number of hydrogen-bond donors (Lipinski definition) is 2. The van der Waals surface area contributed by atoms with Crippen molar-refractivity contribution in [1.82, 2.24) is 20.1 Å². The Labute approximate surface area is 166 Å². The average molecular weight is 395 g/mol. The van der Waals surface area contributed by atoms with Gasteiger partial charge in [-0.2, -0.15) is 5.10 Å². The number of nitrogens with zero attached hydrogens (tertiary/aromatic N) is 3. The molecule has 0 aliphatic carbocycles. The number of amides is 1. The normalized spacial score (nSPS) is 18.5. The fourth-order valence-electron chi connectivity index (χ4n) is 3.69. The fraction of sp³-hybridized carbons (Fsp3) is 0.350. The second-order valence-electron chi connectivity index (χ2n) is 7.09. The highest BCUT2D eigenvalue weighted by atomic mass is 32.1. The Morgan fingerprint density at radius 3 is 3.21 bits per heavy atom. The van der Waals surface area contributed by atoms with Crippen LogP contribution in [0.15, 0.2) is 35.8 Å². The van der Waals surface area contributed by atoms with Crippen LogP contribution >= 0.6 is 11.3 Å². The third-order valence-corrected chi connectivity index (χ3v) is 5.95. The topological polar surface area (TPSA) is 81.1 Å². The van der Waals surface area contributed by atoms with Gasteiger partial charge in [0.25, 0.3) is 5.91 Å². The molecule has 1 saturated heterocycles. The molecule has 0 bridgehead atoms. The van der Waals surface area contributed by atoms with E-state index in [4.69, 9.17) is 4.74 Å². The van der Waals surface area contributed by atoms with Crippen molar-refractivity contribution >= 4 is 22.4 Å². The van der Waals surface area contributed by atoms with Crippen molar-refractivity contribution in [3.8, 4) is 17.0 Å². The van der Waals surface area contributed by atoms with Gasteiger partial charge in [-0.3, -0.25) is 14.8 Å². The number of aromatic nitrogens is 3. The number of thiazole rings is 1. The number of nitrogens with one attached hydrogen (secondary N) is 2. The van der Waals surface area contributed by atoms with Gasteiger partial charge in [-0.25, -0.2) is 4.98 Å². The van der Waals surface area contributed by atoms with Crippen LogP contribution in [0, 0.1) is 0 Å². The SMILES string of the molecule is O=C(Nc1nc(-c2ccc3c(c2)CCO3)cs1)c1ccn(C2CCCNC2)n1. The van der Waals surface area contributed by atoms with Crippen LogP contribution in [0.3, 0.4) is 0 Å². The zero-order valence-electron chi connectivity index (χ0n) is 15.4. The predicted molar refractivity (Wildman–Crippen MR) is 108 cm³/mol. The lowest BCUT2D eigenvalue weighted by atomic mass is 10.1. The summed E-state index contributed by atoms with van der Waals surface area (Å²) in [4.78, 5) is 17.1. The minimum atomic E-state index is -0.231. The molecule has 0 radical (unpaired) electrons. The molecule has 1 fully saturated rings. The van der Waals surface area contributed by atoms with Crippen molar-refractivity contribution in [2.24, 2.45) is 0 Å². The first-order valence-electron chi connectivity index (χ1n) is 9.55. The van der Waals surface area contributed by atoms with Gasteiger partial charge in [0, 0.05) is 30.1 Å². The van der Waals surface area contributed by atoms with Crippen molar-refractivity contribution in [3.63, 3.8) is 0 Å². The molecule has 5 rings (SSSR count). The highest BCUT2D eigenvalue weighted by Gasteiger charge is 2.19. The van der Waals surface area contributed by atoms with E-state index >= 15 is 0 Å². The average Bonchev–Trinajstić information content (AvgIpc) is 3.48. The summed E-state index contributed by atoms with van der Waals surface area (Å²) in [7, 11) is 0. The standard InChI is InChI=1S/C20H21N5O2S/c26-19(16-5-8-25(24-16)15-2-1-7-21-11-15)23-20-22-17(12-28-20)13-3-4-18-14(10-13)6-9-27-18/h3-5,8,10,12,15,21H,1-2,6-7,9,11H2,(H,22,23,26). The number of rotatable bonds is 4. The quantitative estimate of drug-likeness (QED) is 0.709. The molecule has 1 atom stereocenters. The molecular formula is C20H21N5O2S. The number of carbonyl (C=O) groups excluding carboxylic acids is 1. The van der Waals surface area contributed by atoms with Crippen LogP contribution in [0.4, 0.5) is 5.13 Å². The van der Waals surface area contributed by atoms with Gasteiger partial charge in [-0.15, -0.1) is 11.3 Å². The Hall–Kier alpha value is -2.71. The first kappa shape index (κ1) is 17.4. The lowest BCUT2D eigenvalue weighted by Crippen LogP contribution is -2.32. The molecule has 0 saturated carbocycles. The Bertz CT molecular complexity index is 1010. The fourth-order valence-corrected chi connectivity index (χ4v) is 4.41. The van der Waals surface area contributed by atoms with Crippen LogP contribution in [0.25, 0.3) is 11.3 Å². The first-order valence-corrected chi connectivity index (χ1v) is 10.4. The van der Waals surface area contributed by atoms with E-state index in [-0.39, 0.29) is 5.91 Å². The third-order valence-electron chi connectivity index (χ3n) is 5.20. The molecule has 2 aliphatic heterocycles. The van der Waals surface area contributed by atoms with Gasteiger partial charge in [0.05, 0.1) is 18.3 Å². The molecule has 1 amide bonds. The zero-order chi connectivity index (χ0) is 18.9. The molecule has 2 aliphatic rings. The number of carbonyl (C=O) groups is 1. The molecule has 144 valence electrons. The van der Waals surface area contributed by atoms with Crippen molar-refractivity contribution < 1.29 is 9.53 Å². The van der Waals surface area contributed by atoms with E-state index in [0.29, 0.717) is 16.9 Å². The Balaban J connectivity index is 1.28. The number of benzene rings is 1. The van der Waals surface area contributed by atoms with E-state index in [0.717, 1.165) is 56.0 Å². The molecule has 1 aromatic carbocycles. The summed E-state index contributed by atoms with van der Waals surface area (Å²) < 4.78 is 7.44. The molecule has 4 heterocycles. The zero-order valence-corrected chi connectivity index (χ0v) is 16.2. The molecule has 2 aromatic heterocycles. The second kappa shape index (κ2) is 7.37. The predicted octanol–water partition coefficient (Wildman–Crippen LogP) is 3.12. The van der Waals surface area contributed by atoms with Gasteiger partial charge < -0.3 is 10.1 Å². The van der Waals surface area contributed by atoms with Gasteiger partial charge in [0.15, 0.2) is 10.8 Å². The Morgan fingerprint density at radius 1 is 1.36 bits per heavy atom. The summed E-state index contributed by atoms with van der Waals surface area (Å²) in [6.45, 7) is 2.68. The summed E-state index contributed by atoms with van der Waals surface area (Å²) >= 11 is 1.42. The second-order valence-corrected chi connectivity index (χ2v) is 7.95. The van der Waals surface area contributed by atoms with E-state index in [9.17, 15) is 4.79 Å². The highest BCUT2D eigenvalue weighted by Crippen LogP contribution is 2.32. The van der Waals surface area contributed by atoms with Gasteiger partial charge in [0.2, 0.25) is 0 Å². The molecule has 2 N–H and O–H groups in total. The third kappa shape index (κ3) is 3.41. The van der Waals surface area contributed by atoms with E-state index in [1.807, 2.05) is 28.4 Å². The molecular weight excluding hydrogens is 374 g/mol. The molecule has 7 nitrogen and oxygen atoms in total. The number of ether oxygens (including phenoxy) is 1. The van der Waals surface area contributed by atoms with Crippen LogP contribution in [0.2, 0.25) is 0 Å². The molecule has 28 heavy (non-hydrogen) atoms.